The standard InChI is InChI=1S/C23H29NO3/c1-4-6-15-26-22-13-11-21(12-14-22)24-16-19-7-9-20(10-8-19)23(25)27-17-18(3)5-2/h7-14,16,18H,4-6,15,17H2,1-3H3. The van der Waals surface area contributed by atoms with Crippen LogP contribution in [-0.2, 0) is 4.74 Å². The molecule has 0 saturated heterocycles. The van der Waals surface area contributed by atoms with Crippen LogP contribution in [0.3, 0.4) is 0 Å². The molecule has 0 aliphatic carbocycles. The molecule has 144 valence electrons. The van der Waals surface area contributed by atoms with Crippen molar-refractivity contribution in [2.45, 2.75) is 40.0 Å². The lowest BCUT2D eigenvalue weighted by Gasteiger charge is -2.09. The number of nitrogens with zero attached hydrogens (tertiary/aromatic N) is 1. The first kappa shape index (κ1) is 20.7. The Bertz CT molecular complexity index is 720. The highest BCUT2D eigenvalue weighted by Crippen LogP contribution is 2.18. The predicted octanol–water partition coefficient (Wildman–Crippen LogP) is 5.82. The highest BCUT2D eigenvalue weighted by Gasteiger charge is 2.08. The molecule has 2 aromatic rings. The van der Waals surface area contributed by atoms with Crippen LogP contribution in [0.5, 0.6) is 5.75 Å². The fraction of sp³-hybridized carbons (Fsp3) is 0.391. The van der Waals surface area contributed by atoms with Crippen molar-refractivity contribution in [2.24, 2.45) is 10.9 Å². The monoisotopic (exact) mass is 367 g/mol. The third-order valence-corrected chi connectivity index (χ3v) is 4.31. The van der Waals surface area contributed by atoms with Gasteiger partial charge in [0.1, 0.15) is 5.75 Å². The zero-order valence-corrected chi connectivity index (χ0v) is 16.5. The first-order valence-electron chi connectivity index (χ1n) is 9.66. The van der Waals surface area contributed by atoms with E-state index in [1.54, 1.807) is 18.3 Å². The second kappa shape index (κ2) is 11.2. The summed E-state index contributed by atoms with van der Waals surface area (Å²) >= 11 is 0. The van der Waals surface area contributed by atoms with E-state index in [0.29, 0.717) is 18.1 Å². The van der Waals surface area contributed by atoms with Gasteiger partial charge in [0.05, 0.1) is 24.5 Å². The van der Waals surface area contributed by atoms with Gasteiger partial charge < -0.3 is 9.47 Å². The van der Waals surface area contributed by atoms with E-state index < -0.39 is 0 Å². The largest absolute Gasteiger partial charge is 0.494 e. The molecule has 0 bridgehead atoms. The number of ether oxygens (including phenoxy) is 2. The van der Waals surface area contributed by atoms with Crippen LogP contribution >= 0.6 is 0 Å². The molecule has 1 unspecified atom stereocenters. The van der Waals surface area contributed by atoms with Gasteiger partial charge in [-0.1, -0.05) is 45.7 Å². The predicted molar refractivity (Wildman–Crippen MR) is 110 cm³/mol. The van der Waals surface area contributed by atoms with E-state index in [0.717, 1.165) is 42.9 Å². The topological polar surface area (TPSA) is 47.9 Å². The van der Waals surface area contributed by atoms with Crippen molar-refractivity contribution in [3.05, 3.63) is 59.7 Å². The van der Waals surface area contributed by atoms with E-state index in [1.165, 1.54) is 0 Å². The normalized spacial score (nSPS) is 12.1. The molecule has 0 N–H and O–H groups in total. The Morgan fingerprint density at radius 2 is 1.78 bits per heavy atom. The van der Waals surface area contributed by atoms with Crippen molar-refractivity contribution in [3.63, 3.8) is 0 Å². The maximum absolute atomic E-state index is 12.0. The average molecular weight is 367 g/mol. The lowest BCUT2D eigenvalue weighted by molar-refractivity contribution is 0.0447. The summed E-state index contributed by atoms with van der Waals surface area (Å²) in [6.45, 7) is 7.49. The summed E-state index contributed by atoms with van der Waals surface area (Å²) in [6.07, 6.45) is 4.95. The number of unbranched alkanes of at least 4 members (excludes halogenated alkanes) is 1. The number of hydrogen-bond acceptors (Lipinski definition) is 4. The second-order valence-corrected chi connectivity index (χ2v) is 6.69. The summed E-state index contributed by atoms with van der Waals surface area (Å²) in [6, 6.07) is 15.0. The summed E-state index contributed by atoms with van der Waals surface area (Å²) in [5.74, 6) is 0.962. The third-order valence-electron chi connectivity index (χ3n) is 4.31. The van der Waals surface area contributed by atoms with Crippen LogP contribution in [0.1, 0.15) is 56.0 Å². The molecule has 4 nitrogen and oxygen atoms in total. The first-order chi connectivity index (χ1) is 13.1. The Labute approximate surface area is 162 Å². The molecule has 0 spiro atoms. The smallest absolute Gasteiger partial charge is 0.338 e. The summed E-state index contributed by atoms with van der Waals surface area (Å²) in [5, 5.41) is 0. The van der Waals surface area contributed by atoms with Crippen LogP contribution in [0.4, 0.5) is 5.69 Å². The zero-order chi connectivity index (χ0) is 19.5. The average Bonchev–Trinajstić information content (AvgIpc) is 2.71. The van der Waals surface area contributed by atoms with Crippen LogP contribution in [-0.4, -0.2) is 25.4 Å². The van der Waals surface area contributed by atoms with Crippen molar-refractivity contribution in [1.82, 2.24) is 0 Å². The van der Waals surface area contributed by atoms with E-state index in [-0.39, 0.29) is 5.97 Å². The van der Waals surface area contributed by atoms with Crippen LogP contribution < -0.4 is 4.74 Å². The highest BCUT2D eigenvalue weighted by molar-refractivity contribution is 5.91. The molecule has 2 rings (SSSR count). The van der Waals surface area contributed by atoms with Gasteiger partial charge in [0.2, 0.25) is 0 Å². The SMILES string of the molecule is CCCCOc1ccc(N=Cc2ccc(C(=O)OCC(C)CC)cc2)cc1. The van der Waals surface area contributed by atoms with Gasteiger partial charge in [0.15, 0.2) is 0 Å². The van der Waals surface area contributed by atoms with Crippen LogP contribution in [0, 0.1) is 5.92 Å². The van der Waals surface area contributed by atoms with Gasteiger partial charge in [-0.2, -0.15) is 0 Å². The molecule has 0 aliphatic heterocycles. The summed E-state index contributed by atoms with van der Waals surface area (Å²) in [5.41, 5.74) is 2.34. The quantitative estimate of drug-likeness (QED) is 0.302. The van der Waals surface area contributed by atoms with E-state index >= 15 is 0 Å². The zero-order valence-electron chi connectivity index (χ0n) is 16.5. The number of esters is 1. The maximum Gasteiger partial charge on any atom is 0.338 e. The van der Waals surface area contributed by atoms with Gasteiger partial charge >= 0.3 is 5.97 Å². The van der Waals surface area contributed by atoms with Crippen LogP contribution in [0.25, 0.3) is 0 Å². The number of carbonyl (C=O) groups excluding carboxylic acids is 1. The lowest BCUT2D eigenvalue weighted by atomic mass is 10.1. The summed E-state index contributed by atoms with van der Waals surface area (Å²) in [4.78, 5) is 16.5. The molecule has 0 aliphatic rings. The minimum atomic E-state index is -0.280. The lowest BCUT2D eigenvalue weighted by Crippen LogP contribution is -2.11. The minimum Gasteiger partial charge on any atom is -0.494 e. The molecule has 0 saturated carbocycles. The van der Waals surface area contributed by atoms with Gasteiger partial charge in [0.25, 0.3) is 0 Å². The Morgan fingerprint density at radius 1 is 1.07 bits per heavy atom. The molecule has 0 aromatic heterocycles. The van der Waals surface area contributed by atoms with Crippen molar-refractivity contribution in [3.8, 4) is 5.75 Å². The third kappa shape index (κ3) is 7.26. The molecule has 1 atom stereocenters. The Hall–Kier alpha value is -2.62. The molecular weight excluding hydrogens is 338 g/mol. The number of rotatable bonds is 10. The van der Waals surface area contributed by atoms with Crippen molar-refractivity contribution in [1.29, 1.82) is 0 Å². The fourth-order valence-corrected chi connectivity index (χ4v) is 2.24. The van der Waals surface area contributed by atoms with Crippen molar-refractivity contribution >= 4 is 17.9 Å². The Kier molecular flexibility index (Phi) is 8.56. The van der Waals surface area contributed by atoms with Gasteiger partial charge in [-0.05, 0) is 54.3 Å². The molecule has 0 amide bonds. The van der Waals surface area contributed by atoms with E-state index in [1.807, 2.05) is 36.4 Å². The molecule has 0 fully saturated rings. The van der Waals surface area contributed by atoms with Gasteiger partial charge in [-0.3, -0.25) is 4.99 Å². The minimum absolute atomic E-state index is 0.280. The number of hydrogen-bond donors (Lipinski definition) is 0. The van der Waals surface area contributed by atoms with E-state index in [9.17, 15) is 4.79 Å². The van der Waals surface area contributed by atoms with E-state index in [2.05, 4.69) is 25.8 Å². The van der Waals surface area contributed by atoms with Gasteiger partial charge in [-0.15, -0.1) is 0 Å². The molecule has 4 heteroatoms. The summed E-state index contributed by atoms with van der Waals surface area (Å²) < 4.78 is 11.0. The molecule has 27 heavy (non-hydrogen) atoms. The van der Waals surface area contributed by atoms with Crippen LogP contribution in [0.15, 0.2) is 53.5 Å². The van der Waals surface area contributed by atoms with E-state index in [4.69, 9.17) is 9.47 Å². The maximum atomic E-state index is 12.0. The summed E-state index contributed by atoms with van der Waals surface area (Å²) in [7, 11) is 0. The number of aliphatic imine (C=N–C) groups is 1. The fourth-order valence-electron chi connectivity index (χ4n) is 2.24. The number of benzene rings is 2. The molecule has 0 radical (unpaired) electrons. The Morgan fingerprint density at radius 3 is 2.41 bits per heavy atom. The molecular formula is C23H29NO3. The highest BCUT2D eigenvalue weighted by atomic mass is 16.5. The molecule has 0 heterocycles. The van der Waals surface area contributed by atoms with Crippen molar-refractivity contribution < 1.29 is 14.3 Å². The first-order valence-corrected chi connectivity index (χ1v) is 9.66. The van der Waals surface area contributed by atoms with Crippen LogP contribution in [0.2, 0.25) is 0 Å². The van der Waals surface area contributed by atoms with Gasteiger partial charge in [0, 0.05) is 6.21 Å². The Balaban J connectivity index is 1.89. The molecule has 2 aromatic carbocycles. The van der Waals surface area contributed by atoms with Gasteiger partial charge in [-0.25, -0.2) is 4.79 Å². The number of carbonyl (C=O) groups is 1. The van der Waals surface area contributed by atoms with Crippen molar-refractivity contribution in [2.75, 3.05) is 13.2 Å². The second-order valence-electron chi connectivity index (χ2n) is 6.69.